The number of ether oxygens (including phenoxy) is 1. The van der Waals surface area contributed by atoms with E-state index in [1.807, 2.05) is 12.1 Å². The Morgan fingerprint density at radius 1 is 1.00 bits per heavy atom. The van der Waals surface area contributed by atoms with Crippen LogP contribution in [-0.2, 0) is 30.0 Å². The van der Waals surface area contributed by atoms with E-state index >= 15 is 0 Å². The SMILES string of the molecule is CCOC(=O)C(=[N+]=[N-])C(=O)CC(=O)C#Cc1cc(C(C)(C)C)cc(C(C)(C)C)c1. The zero-order valence-electron chi connectivity index (χ0n) is 18.2. The number of ketones is 2. The first-order valence-electron chi connectivity index (χ1n) is 9.43. The minimum Gasteiger partial charge on any atom is -0.457 e. The van der Waals surface area contributed by atoms with Gasteiger partial charge < -0.3 is 10.3 Å². The maximum absolute atomic E-state index is 12.1. The van der Waals surface area contributed by atoms with Crippen LogP contribution < -0.4 is 0 Å². The maximum Gasteiger partial charge on any atom is 0.441 e. The smallest absolute Gasteiger partial charge is 0.441 e. The summed E-state index contributed by atoms with van der Waals surface area (Å²) in [7, 11) is 0. The molecule has 0 bridgehead atoms. The largest absolute Gasteiger partial charge is 0.457 e. The molecule has 0 heterocycles. The number of esters is 1. The van der Waals surface area contributed by atoms with Crippen LogP contribution in [0.2, 0.25) is 0 Å². The summed E-state index contributed by atoms with van der Waals surface area (Å²) >= 11 is 0. The van der Waals surface area contributed by atoms with Crippen molar-refractivity contribution in [3.8, 4) is 11.8 Å². The van der Waals surface area contributed by atoms with Gasteiger partial charge in [-0.1, -0.05) is 53.5 Å². The van der Waals surface area contributed by atoms with Crippen molar-refractivity contribution in [3.63, 3.8) is 0 Å². The van der Waals surface area contributed by atoms with Gasteiger partial charge in [-0.05, 0) is 46.9 Å². The average Bonchev–Trinajstić information content (AvgIpc) is 2.59. The average molecular weight is 396 g/mol. The van der Waals surface area contributed by atoms with E-state index in [4.69, 9.17) is 5.53 Å². The highest BCUT2D eigenvalue weighted by Crippen LogP contribution is 2.30. The first kappa shape index (κ1) is 24.0. The molecule has 0 saturated carbocycles. The lowest BCUT2D eigenvalue weighted by atomic mass is 9.79. The number of rotatable bonds is 5. The van der Waals surface area contributed by atoms with Crippen LogP contribution in [0.25, 0.3) is 5.53 Å². The second kappa shape index (κ2) is 9.45. The Labute approximate surface area is 172 Å². The molecule has 0 aromatic heterocycles. The van der Waals surface area contributed by atoms with Gasteiger partial charge in [0.1, 0.15) is 0 Å². The van der Waals surface area contributed by atoms with Crippen molar-refractivity contribution in [2.75, 3.05) is 6.61 Å². The second-order valence-electron chi connectivity index (χ2n) is 8.74. The molecule has 0 aliphatic heterocycles. The molecule has 1 rings (SSSR count). The van der Waals surface area contributed by atoms with Gasteiger partial charge in [0, 0.05) is 5.56 Å². The molecule has 0 saturated heterocycles. The van der Waals surface area contributed by atoms with E-state index in [1.54, 1.807) is 6.92 Å². The lowest BCUT2D eigenvalue weighted by molar-refractivity contribution is -0.141. The fraction of sp³-hybridized carbons (Fsp3) is 0.478. The molecule has 0 aliphatic rings. The summed E-state index contributed by atoms with van der Waals surface area (Å²) in [5, 5.41) is 0. The number of benzene rings is 1. The summed E-state index contributed by atoms with van der Waals surface area (Å²) in [5.41, 5.74) is 10.7. The molecule has 6 nitrogen and oxygen atoms in total. The second-order valence-corrected chi connectivity index (χ2v) is 8.74. The normalized spacial score (nSPS) is 11.0. The molecule has 6 heteroatoms. The molecule has 0 radical (unpaired) electrons. The van der Waals surface area contributed by atoms with Crippen molar-refractivity contribution in [1.29, 1.82) is 0 Å². The molecular weight excluding hydrogens is 368 g/mol. The Hall–Kier alpha value is -3.03. The van der Waals surface area contributed by atoms with Crippen molar-refractivity contribution in [1.82, 2.24) is 0 Å². The molecule has 0 unspecified atom stereocenters. The predicted octanol–water partition coefficient (Wildman–Crippen LogP) is 3.40. The Morgan fingerprint density at radius 2 is 1.52 bits per heavy atom. The van der Waals surface area contributed by atoms with Gasteiger partial charge in [0.2, 0.25) is 5.78 Å². The van der Waals surface area contributed by atoms with Gasteiger partial charge in [0.05, 0.1) is 13.0 Å². The zero-order chi connectivity index (χ0) is 22.4. The Bertz CT molecular complexity index is 896. The predicted molar refractivity (Wildman–Crippen MR) is 111 cm³/mol. The van der Waals surface area contributed by atoms with Gasteiger partial charge in [-0.25, -0.2) is 4.79 Å². The first-order valence-corrected chi connectivity index (χ1v) is 9.43. The van der Waals surface area contributed by atoms with Crippen molar-refractivity contribution < 1.29 is 23.9 Å². The molecular formula is C23H28N2O4. The van der Waals surface area contributed by atoms with Crippen LogP contribution in [0.5, 0.6) is 0 Å². The van der Waals surface area contributed by atoms with E-state index in [-0.39, 0.29) is 17.4 Å². The van der Waals surface area contributed by atoms with Crippen LogP contribution in [-0.4, -0.2) is 34.6 Å². The molecule has 0 amide bonds. The minimum atomic E-state index is -1.08. The monoisotopic (exact) mass is 396 g/mol. The van der Waals surface area contributed by atoms with E-state index < -0.39 is 29.7 Å². The Balaban J connectivity index is 3.13. The van der Waals surface area contributed by atoms with E-state index in [9.17, 15) is 14.4 Å². The van der Waals surface area contributed by atoms with Crippen LogP contribution in [0.1, 0.15) is 71.6 Å². The summed E-state index contributed by atoms with van der Waals surface area (Å²) in [6.07, 6.45) is -0.670. The molecule has 154 valence electrons. The molecule has 0 spiro atoms. The van der Waals surface area contributed by atoms with Crippen LogP contribution in [0, 0.1) is 11.8 Å². The van der Waals surface area contributed by atoms with E-state index in [0.717, 1.165) is 11.1 Å². The molecule has 1 aromatic carbocycles. The Morgan fingerprint density at radius 3 is 1.93 bits per heavy atom. The van der Waals surface area contributed by atoms with Gasteiger partial charge >= 0.3 is 11.7 Å². The number of hydrogen-bond acceptors (Lipinski definition) is 4. The molecule has 0 N–H and O–H groups in total. The molecule has 1 aromatic rings. The quantitative estimate of drug-likeness (QED) is 0.190. The number of nitrogens with zero attached hydrogens (tertiary/aromatic N) is 2. The highest BCUT2D eigenvalue weighted by molar-refractivity contribution is 6.63. The number of Topliss-reactive ketones (excluding diaryl/α,β-unsaturated/α-hetero) is 2. The third-order valence-corrected chi connectivity index (χ3v) is 4.17. The van der Waals surface area contributed by atoms with Crippen LogP contribution >= 0.6 is 0 Å². The van der Waals surface area contributed by atoms with Crippen LogP contribution in [0.15, 0.2) is 18.2 Å². The lowest BCUT2D eigenvalue weighted by Gasteiger charge is -2.25. The number of hydrogen-bond donors (Lipinski definition) is 0. The van der Waals surface area contributed by atoms with Gasteiger partial charge in [0.15, 0.2) is 0 Å². The summed E-state index contributed by atoms with van der Waals surface area (Å²) < 4.78 is 4.62. The highest BCUT2D eigenvalue weighted by Gasteiger charge is 2.32. The summed E-state index contributed by atoms with van der Waals surface area (Å²) in [4.78, 5) is 38.3. The first-order chi connectivity index (χ1) is 13.3. The summed E-state index contributed by atoms with van der Waals surface area (Å²) in [5.74, 6) is 2.56. The zero-order valence-corrected chi connectivity index (χ0v) is 18.2. The minimum absolute atomic E-state index is 0.0130. The van der Waals surface area contributed by atoms with E-state index in [1.165, 1.54) is 0 Å². The number of carbonyl (C=O) groups excluding carboxylic acids is 3. The standard InChI is InChI=1S/C23H28N2O4/c1-8-29-21(28)20(25-24)19(27)14-18(26)10-9-15-11-16(22(2,3)4)13-17(12-15)23(5,6)7/h11-13H,8,14H2,1-7H3. The summed E-state index contributed by atoms with van der Waals surface area (Å²) in [6.45, 7) is 14.1. The fourth-order valence-electron chi connectivity index (χ4n) is 2.39. The van der Waals surface area contributed by atoms with Gasteiger partial charge in [-0.2, -0.15) is 4.79 Å². The van der Waals surface area contributed by atoms with E-state index in [2.05, 4.69) is 69.0 Å². The molecule has 0 aliphatic carbocycles. The van der Waals surface area contributed by atoms with Gasteiger partial charge in [-0.15, -0.1) is 0 Å². The topological polar surface area (TPSA) is 96.8 Å². The molecule has 29 heavy (non-hydrogen) atoms. The van der Waals surface area contributed by atoms with Gasteiger partial charge in [0.25, 0.3) is 5.78 Å². The highest BCUT2D eigenvalue weighted by atomic mass is 16.5. The third-order valence-electron chi connectivity index (χ3n) is 4.17. The van der Waals surface area contributed by atoms with Crippen molar-refractivity contribution in [2.45, 2.75) is 65.7 Å². The lowest BCUT2D eigenvalue weighted by Crippen LogP contribution is -2.28. The fourth-order valence-corrected chi connectivity index (χ4v) is 2.39. The van der Waals surface area contributed by atoms with Crippen LogP contribution in [0.3, 0.4) is 0 Å². The van der Waals surface area contributed by atoms with E-state index in [0.29, 0.717) is 5.56 Å². The van der Waals surface area contributed by atoms with Gasteiger partial charge in [-0.3, -0.25) is 9.59 Å². The molecule has 0 fully saturated rings. The molecule has 0 atom stereocenters. The van der Waals surface area contributed by atoms with Crippen molar-refractivity contribution in [2.24, 2.45) is 0 Å². The third kappa shape index (κ3) is 7.14. The van der Waals surface area contributed by atoms with Crippen molar-refractivity contribution >= 4 is 23.2 Å². The van der Waals surface area contributed by atoms with Crippen LogP contribution in [0.4, 0.5) is 0 Å². The summed E-state index contributed by atoms with van der Waals surface area (Å²) in [6, 6.07) is 5.99. The number of carbonyl (C=O) groups is 3. The van der Waals surface area contributed by atoms with Crippen molar-refractivity contribution in [3.05, 3.63) is 40.4 Å². The maximum atomic E-state index is 12.1. The Kier molecular flexibility index (Phi) is 7.82.